The SMILES string of the molecule is CC(C)[C@@H](Cc1ccccc1)NC(=O)[C@H]1Cc2ccc(O)cc2CN1. The topological polar surface area (TPSA) is 61.4 Å². The Labute approximate surface area is 149 Å². The van der Waals surface area contributed by atoms with Crippen LogP contribution < -0.4 is 10.6 Å². The summed E-state index contributed by atoms with van der Waals surface area (Å²) in [6, 6.07) is 15.5. The largest absolute Gasteiger partial charge is 0.508 e. The number of rotatable bonds is 5. The third-order valence-electron chi connectivity index (χ3n) is 4.90. The summed E-state index contributed by atoms with van der Waals surface area (Å²) in [5.74, 6) is 0.677. The molecule has 0 fully saturated rings. The van der Waals surface area contributed by atoms with Gasteiger partial charge in [-0.1, -0.05) is 50.2 Å². The minimum Gasteiger partial charge on any atom is -0.508 e. The average molecular weight is 338 g/mol. The number of carbonyl (C=O) groups excluding carboxylic acids is 1. The van der Waals surface area contributed by atoms with Crippen molar-refractivity contribution >= 4 is 5.91 Å². The van der Waals surface area contributed by atoms with Crippen molar-refractivity contribution in [3.63, 3.8) is 0 Å². The maximum Gasteiger partial charge on any atom is 0.237 e. The number of phenolic OH excluding ortho intramolecular Hbond substituents is 1. The molecule has 0 saturated carbocycles. The molecule has 1 aliphatic heterocycles. The van der Waals surface area contributed by atoms with E-state index in [9.17, 15) is 9.90 Å². The first kappa shape index (κ1) is 17.5. The van der Waals surface area contributed by atoms with E-state index in [0.717, 1.165) is 17.5 Å². The van der Waals surface area contributed by atoms with Crippen LogP contribution in [0.15, 0.2) is 48.5 Å². The molecule has 0 aliphatic carbocycles. The maximum atomic E-state index is 12.8. The van der Waals surface area contributed by atoms with E-state index >= 15 is 0 Å². The second kappa shape index (κ2) is 7.70. The van der Waals surface area contributed by atoms with Crippen molar-refractivity contribution in [3.05, 3.63) is 65.2 Å². The lowest BCUT2D eigenvalue weighted by Crippen LogP contribution is -2.52. The highest BCUT2D eigenvalue weighted by Gasteiger charge is 2.27. The zero-order valence-corrected chi connectivity index (χ0v) is 14.8. The zero-order chi connectivity index (χ0) is 17.8. The summed E-state index contributed by atoms with van der Waals surface area (Å²) in [7, 11) is 0. The van der Waals surface area contributed by atoms with Crippen LogP contribution in [-0.4, -0.2) is 23.1 Å². The summed E-state index contributed by atoms with van der Waals surface area (Å²) in [6.07, 6.45) is 1.49. The molecule has 25 heavy (non-hydrogen) atoms. The molecule has 4 heteroatoms. The van der Waals surface area contributed by atoms with Gasteiger partial charge in [-0.15, -0.1) is 0 Å². The van der Waals surface area contributed by atoms with Crippen molar-refractivity contribution in [1.82, 2.24) is 10.6 Å². The molecule has 2 aromatic rings. The maximum absolute atomic E-state index is 12.8. The number of carbonyl (C=O) groups is 1. The van der Waals surface area contributed by atoms with Gasteiger partial charge in [0.25, 0.3) is 0 Å². The van der Waals surface area contributed by atoms with E-state index in [2.05, 4.69) is 36.6 Å². The van der Waals surface area contributed by atoms with Crippen LogP contribution in [0.25, 0.3) is 0 Å². The van der Waals surface area contributed by atoms with Gasteiger partial charge in [-0.05, 0) is 47.6 Å². The van der Waals surface area contributed by atoms with Crippen molar-refractivity contribution in [2.75, 3.05) is 0 Å². The van der Waals surface area contributed by atoms with Gasteiger partial charge in [0, 0.05) is 12.6 Å². The van der Waals surface area contributed by atoms with E-state index in [0.29, 0.717) is 18.9 Å². The minimum atomic E-state index is -0.228. The molecule has 0 spiro atoms. The average Bonchev–Trinajstić information content (AvgIpc) is 2.61. The fourth-order valence-electron chi connectivity index (χ4n) is 3.29. The standard InChI is InChI=1S/C21H26N2O2/c1-14(2)19(10-15-6-4-3-5-7-15)23-21(25)20-12-16-8-9-18(24)11-17(16)13-22-20/h3-9,11,14,19-20,22,24H,10,12-13H2,1-2H3,(H,23,25)/t19-,20-/m1/s1. The third kappa shape index (κ3) is 4.40. The molecule has 2 aromatic carbocycles. The van der Waals surface area contributed by atoms with E-state index < -0.39 is 0 Å². The fourth-order valence-corrected chi connectivity index (χ4v) is 3.29. The van der Waals surface area contributed by atoms with Gasteiger partial charge in [0.2, 0.25) is 5.91 Å². The summed E-state index contributed by atoms with van der Waals surface area (Å²) in [6.45, 7) is 4.88. The van der Waals surface area contributed by atoms with E-state index in [1.54, 1.807) is 12.1 Å². The molecule has 0 radical (unpaired) electrons. The Kier molecular flexibility index (Phi) is 5.39. The zero-order valence-electron chi connectivity index (χ0n) is 14.8. The first-order valence-electron chi connectivity index (χ1n) is 8.91. The van der Waals surface area contributed by atoms with Crippen LogP contribution in [0.4, 0.5) is 0 Å². The first-order valence-corrected chi connectivity index (χ1v) is 8.91. The smallest absolute Gasteiger partial charge is 0.237 e. The van der Waals surface area contributed by atoms with Crippen LogP contribution in [0, 0.1) is 5.92 Å². The molecular weight excluding hydrogens is 312 g/mol. The van der Waals surface area contributed by atoms with Gasteiger partial charge >= 0.3 is 0 Å². The number of benzene rings is 2. The summed E-state index contributed by atoms with van der Waals surface area (Å²) in [5.41, 5.74) is 3.42. The van der Waals surface area contributed by atoms with Gasteiger partial charge in [0.1, 0.15) is 5.75 Å². The molecule has 0 saturated heterocycles. The Morgan fingerprint density at radius 1 is 1.20 bits per heavy atom. The Morgan fingerprint density at radius 2 is 1.96 bits per heavy atom. The second-order valence-corrected chi connectivity index (χ2v) is 7.14. The Bertz CT molecular complexity index is 728. The lowest BCUT2D eigenvalue weighted by Gasteiger charge is -2.29. The molecule has 3 rings (SSSR count). The molecule has 1 heterocycles. The molecule has 2 atom stereocenters. The lowest BCUT2D eigenvalue weighted by molar-refractivity contribution is -0.124. The summed E-state index contributed by atoms with van der Waals surface area (Å²) in [5, 5.41) is 16.1. The number of fused-ring (bicyclic) bond motifs is 1. The molecular formula is C21H26N2O2. The minimum absolute atomic E-state index is 0.0494. The highest BCUT2D eigenvalue weighted by molar-refractivity contribution is 5.82. The van der Waals surface area contributed by atoms with Crippen LogP contribution >= 0.6 is 0 Å². The molecule has 1 aliphatic rings. The highest BCUT2D eigenvalue weighted by atomic mass is 16.3. The van der Waals surface area contributed by atoms with Gasteiger partial charge in [-0.3, -0.25) is 4.79 Å². The molecule has 0 unspecified atom stereocenters. The molecule has 1 amide bonds. The number of aromatic hydroxyl groups is 1. The fraction of sp³-hybridized carbons (Fsp3) is 0.381. The predicted molar refractivity (Wildman–Crippen MR) is 99.4 cm³/mol. The summed E-state index contributed by atoms with van der Waals surface area (Å²) in [4.78, 5) is 12.8. The summed E-state index contributed by atoms with van der Waals surface area (Å²) >= 11 is 0. The number of amides is 1. The Morgan fingerprint density at radius 3 is 2.68 bits per heavy atom. The van der Waals surface area contributed by atoms with Crippen molar-refractivity contribution < 1.29 is 9.90 Å². The highest BCUT2D eigenvalue weighted by Crippen LogP contribution is 2.22. The van der Waals surface area contributed by atoms with Crippen molar-refractivity contribution in [2.45, 2.75) is 45.3 Å². The van der Waals surface area contributed by atoms with Crippen LogP contribution in [0.2, 0.25) is 0 Å². The lowest BCUT2D eigenvalue weighted by atomic mass is 9.93. The van der Waals surface area contributed by atoms with Gasteiger partial charge in [0.05, 0.1) is 6.04 Å². The molecule has 132 valence electrons. The van der Waals surface area contributed by atoms with Crippen LogP contribution in [0.1, 0.15) is 30.5 Å². The normalized spacial score (nSPS) is 17.8. The van der Waals surface area contributed by atoms with E-state index in [1.165, 1.54) is 5.56 Å². The predicted octanol–water partition coefficient (Wildman–Crippen LogP) is 2.79. The van der Waals surface area contributed by atoms with E-state index in [1.807, 2.05) is 24.3 Å². The number of hydrogen-bond donors (Lipinski definition) is 3. The Balaban J connectivity index is 1.65. The monoisotopic (exact) mass is 338 g/mol. The van der Waals surface area contributed by atoms with Gasteiger partial charge in [-0.25, -0.2) is 0 Å². The van der Waals surface area contributed by atoms with Gasteiger partial charge in [-0.2, -0.15) is 0 Å². The second-order valence-electron chi connectivity index (χ2n) is 7.14. The molecule has 3 N–H and O–H groups in total. The van der Waals surface area contributed by atoms with Crippen molar-refractivity contribution in [3.8, 4) is 5.75 Å². The summed E-state index contributed by atoms with van der Waals surface area (Å²) < 4.78 is 0. The molecule has 0 aromatic heterocycles. The van der Waals surface area contributed by atoms with Crippen molar-refractivity contribution in [1.29, 1.82) is 0 Å². The van der Waals surface area contributed by atoms with Crippen LogP contribution in [0.3, 0.4) is 0 Å². The van der Waals surface area contributed by atoms with E-state index in [-0.39, 0.29) is 23.7 Å². The Hall–Kier alpha value is -2.33. The van der Waals surface area contributed by atoms with Crippen LogP contribution in [-0.2, 0) is 24.2 Å². The third-order valence-corrected chi connectivity index (χ3v) is 4.90. The van der Waals surface area contributed by atoms with Gasteiger partial charge < -0.3 is 15.7 Å². The molecule has 4 nitrogen and oxygen atoms in total. The van der Waals surface area contributed by atoms with E-state index in [4.69, 9.17) is 0 Å². The van der Waals surface area contributed by atoms with Gasteiger partial charge in [0.15, 0.2) is 0 Å². The number of nitrogens with one attached hydrogen (secondary N) is 2. The van der Waals surface area contributed by atoms with Crippen molar-refractivity contribution in [2.24, 2.45) is 5.92 Å². The first-order chi connectivity index (χ1) is 12.0. The number of hydrogen-bond acceptors (Lipinski definition) is 3. The quantitative estimate of drug-likeness (QED) is 0.786. The number of phenols is 1. The molecule has 0 bridgehead atoms. The van der Waals surface area contributed by atoms with Crippen LogP contribution in [0.5, 0.6) is 5.75 Å².